The van der Waals surface area contributed by atoms with Crippen LogP contribution in [-0.4, -0.2) is 59.5 Å². The lowest BCUT2D eigenvalue weighted by Crippen LogP contribution is -2.40. The zero-order chi connectivity index (χ0) is 17.2. The van der Waals surface area contributed by atoms with E-state index in [1.807, 2.05) is 7.05 Å². The number of hydrogen-bond donors (Lipinski definition) is 1. The number of aryl methyl sites for hydroxylation is 1. The first-order chi connectivity index (χ1) is 11.7. The predicted molar refractivity (Wildman–Crippen MR) is 113 cm³/mol. The monoisotopic (exact) mass is 478 g/mol. The van der Waals surface area contributed by atoms with Gasteiger partial charge < -0.3 is 19.5 Å². The predicted octanol–water partition coefficient (Wildman–Crippen LogP) is 2.24. The number of guanidine groups is 1. The van der Waals surface area contributed by atoms with Gasteiger partial charge in [0.15, 0.2) is 5.96 Å². The number of aliphatic imine (C=N–C) groups is 1. The molecule has 0 radical (unpaired) electrons. The number of nitrogens with zero attached hydrogens (tertiary/aromatic N) is 5. The Kier molecular flexibility index (Phi) is 10.7. The molecule has 0 spiro atoms. The molecular formula is C16H27IN6OS. The Balaban J connectivity index is 0.00000312. The van der Waals surface area contributed by atoms with Crippen LogP contribution in [0.1, 0.15) is 18.3 Å². The number of hydrogen-bond acceptors (Lipinski definition) is 5. The molecular weight excluding hydrogens is 451 g/mol. The van der Waals surface area contributed by atoms with E-state index in [1.165, 1.54) is 5.56 Å². The van der Waals surface area contributed by atoms with Crippen molar-refractivity contribution in [1.82, 2.24) is 25.0 Å². The van der Waals surface area contributed by atoms with Gasteiger partial charge in [-0.2, -0.15) is 11.3 Å². The van der Waals surface area contributed by atoms with Crippen LogP contribution in [0, 0.1) is 0 Å². The summed E-state index contributed by atoms with van der Waals surface area (Å²) in [7, 11) is 3.74. The van der Waals surface area contributed by atoms with E-state index in [1.54, 1.807) is 24.8 Å². The van der Waals surface area contributed by atoms with Crippen LogP contribution in [0.15, 0.2) is 28.1 Å². The summed E-state index contributed by atoms with van der Waals surface area (Å²) >= 11 is 1.71. The van der Waals surface area contributed by atoms with Gasteiger partial charge in [0, 0.05) is 40.2 Å². The first kappa shape index (κ1) is 21.8. The van der Waals surface area contributed by atoms with Gasteiger partial charge in [-0.25, -0.2) is 0 Å². The molecule has 1 N–H and O–H groups in total. The Hall–Kier alpha value is -1.20. The molecule has 0 saturated carbocycles. The van der Waals surface area contributed by atoms with Gasteiger partial charge in [0.2, 0.25) is 0 Å². The maximum Gasteiger partial charge on any atom is 0.194 e. The summed E-state index contributed by atoms with van der Waals surface area (Å²) in [5.74, 6) is 1.88. The van der Waals surface area contributed by atoms with Crippen LogP contribution in [0.4, 0.5) is 0 Å². The molecule has 0 aliphatic carbocycles. The second-order valence-electron chi connectivity index (χ2n) is 5.41. The molecule has 2 aromatic heterocycles. The highest BCUT2D eigenvalue weighted by Crippen LogP contribution is 2.08. The Morgan fingerprint density at radius 2 is 2.32 bits per heavy atom. The highest BCUT2D eigenvalue weighted by atomic mass is 127. The van der Waals surface area contributed by atoms with Crippen LogP contribution >= 0.6 is 35.3 Å². The standard InChI is InChI=1S/C16H26N6OS.HI/c1-4-15-20-19-13-22(15)8-6-17-16(18-7-9-23-3)21(2)11-14-5-10-24-12-14;/h5,10,12-13H,4,6-9,11H2,1-3H3,(H,17,18);1H. The van der Waals surface area contributed by atoms with E-state index in [2.05, 4.69) is 53.7 Å². The molecule has 0 fully saturated rings. The fourth-order valence-electron chi connectivity index (χ4n) is 2.31. The first-order valence-electron chi connectivity index (χ1n) is 8.10. The molecule has 2 rings (SSSR count). The van der Waals surface area contributed by atoms with Gasteiger partial charge in [0.25, 0.3) is 0 Å². The van der Waals surface area contributed by atoms with Gasteiger partial charge in [-0.3, -0.25) is 4.99 Å². The van der Waals surface area contributed by atoms with Crippen molar-refractivity contribution in [2.45, 2.75) is 26.4 Å². The summed E-state index contributed by atoms with van der Waals surface area (Å²) in [5, 5.41) is 15.8. The van der Waals surface area contributed by atoms with Crippen molar-refractivity contribution >= 4 is 41.3 Å². The van der Waals surface area contributed by atoms with Crippen molar-refractivity contribution in [1.29, 1.82) is 0 Å². The van der Waals surface area contributed by atoms with Crippen LogP contribution < -0.4 is 5.32 Å². The minimum absolute atomic E-state index is 0. The molecule has 140 valence electrons. The summed E-state index contributed by atoms with van der Waals surface area (Å²) < 4.78 is 7.17. The largest absolute Gasteiger partial charge is 0.383 e. The molecule has 0 bridgehead atoms. The highest BCUT2D eigenvalue weighted by Gasteiger charge is 2.08. The fourth-order valence-corrected chi connectivity index (χ4v) is 2.97. The van der Waals surface area contributed by atoms with Gasteiger partial charge in [-0.15, -0.1) is 34.2 Å². The van der Waals surface area contributed by atoms with Crippen molar-refractivity contribution < 1.29 is 4.74 Å². The number of halogens is 1. The van der Waals surface area contributed by atoms with E-state index < -0.39 is 0 Å². The van der Waals surface area contributed by atoms with Crippen LogP contribution in [-0.2, 0) is 24.2 Å². The minimum Gasteiger partial charge on any atom is -0.383 e. The molecule has 9 heteroatoms. The molecule has 25 heavy (non-hydrogen) atoms. The molecule has 0 aliphatic rings. The minimum atomic E-state index is 0. The molecule has 0 unspecified atom stereocenters. The van der Waals surface area contributed by atoms with E-state index in [0.29, 0.717) is 13.2 Å². The highest BCUT2D eigenvalue weighted by molar-refractivity contribution is 14.0. The average molecular weight is 478 g/mol. The van der Waals surface area contributed by atoms with Crippen molar-refractivity contribution in [3.8, 4) is 0 Å². The maximum absolute atomic E-state index is 5.10. The van der Waals surface area contributed by atoms with E-state index in [0.717, 1.165) is 37.8 Å². The topological polar surface area (TPSA) is 67.6 Å². The molecule has 0 aliphatic heterocycles. The third kappa shape index (κ3) is 7.28. The summed E-state index contributed by atoms with van der Waals surface area (Å²) in [6.07, 6.45) is 2.66. The van der Waals surface area contributed by atoms with E-state index in [-0.39, 0.29) is 24.0 Å². The zero-order valence-electron chi connectivity index (χ0n) is 15.0. The maximum atomic E-state index is 5.10. The number of ether oxygens (including phenoxy) is 1. The van der Waals surface area contributed by atoms with Crippen molar-refractivity contribution in [3.63, 3.8) is 0 Å². The third-order valence-electron chi connectivity index (χ3n) is 3.57. The normalized spacial score (nSPS) is 11.2. The lowest BCUT2D eigenvalue weighted by atomic mass is 10.3. The lowest BCUT2D eigenvalue weighted by molar-refractivity contribution is 0.207. The van der Waals surface area contributed by atoms with Crippen LogP contribution in [0.2, 0.25) is 0 Å². The quantitative estimate of drug-likeness (QED) is 0.259. The van der Waals surface area contributed by atoms with Crippen LogP contribution in [0.25, 0.3) is 0 Å². The zero-order valence-corrected chi connectivity index (χ0v) is 18.2. The first-order valence-corrected chi connectivity index (χ1v) is 9.05. The molecule has 0 aromatic carbocycles. The number of thiophene rings is 1. The number of aromatic nitrogens is 3. The van der Waals surface area contributed by atoms with Crippen molar-refractivity contribution in [2.75, 3.05) is 33.9 Å². The summed E-state index contributed by atoms with van der Waals surface area (Å²) in [6.45, 7) is 5.74. The van der Waals surface area contributed by atoms with Gasteiger partial charge in [0.05, 0.1) is 13.2 Å². The molecule has 2 aromatic rings. The van der Waals surface area contributed by atoms with Crippen molar-refractivity contribution in [2.24, 2.45) is 4.99 Å². The van der Waals surface area contributed by atoms with E-state index >= 15 is 0 Å². The fraction of sp³-hybridized carbons (Fsp3) is 0.562. The van der Waals surface area contributed by atoms with Gasteiger partial charge in [0.1, 0.15) is 12.2 Å². The van der Waals surface area contributed by atoms with E-state index in [4.69, 9.17) is 4.74 Å². The van der Waals surface area contributed by atoms with Crippen molar-refractivity contribution in [3.05, 3.63) is 34.5 Å². The Bertz CT molecular complexity index is 616. The summed E-state index contributed by atoms with van der Waals surface area (Å²) in [4.78, 5) is 6.75. The third-order valence-corrected chi connectivity index (χ3v) is 4.30. The Morgan fingerprint density at radius 3 is 3.00 bits per heavy atom. The molecule has 0 amide bonds. The van der Waals surface area contributed by atoms with Gasteiger partial charge >= 0.3 is 0 Å². The summed E-state index contributed by atoms with van der Waals surface area (Å²) in [5.41, 5.74) is 1.29. The second-order valence-corrected chi connectivity index (χ2v) is 6.19. The number of rotatable bonds is 9. The smallest absolute Gasteiger partial charge is 0.194 e. The lowest BCUT2D eigenvalue weighted by Gasteiger charge is -2.22. The SMILES string of the molecule is CCc1nncn1CCNC(=NCCOC)N(C)Cc1ccsc1.I. The molecule has 0 atom stereocenters. The summed E-state index contributed by atoms with van der Waals surface area (Å²) in [6, 6.07) is 2.14. The molecule has 2 heterocycles. The Labute approximate surface area is 170 Å². The Morgan fingerprint density at radius 1 is 1.48 bits per heavy atom. The average Bonchev–Trinajstić information content (AvgIpc) is 3.24. The van der Waals surface area contributed by atoms with Gasteiger partial charge in [-0.05, 0) is 22.4 Å². The number of methoxy groups -OCH3 is 1. The van der Waals surface area contributed by atoms with Gasteiger partial charge in [-0.1, -0.05) is 6.92 Å². The van der Waals surface area contributed by atoms with E-state index in [9.17, 15) is 0 Å². The number of nitrogens with one attached hydrogen (secondary N) is 1. The second kappa shape index (κ2) is 12.2. The molecule has 7 nitrogen and oxygen atoms in total. The molecule has 0 saturated heterocycles. The van der Waals surface area contributed by atoms with Crippen LogP contribution in [0.5, 0.6) is 0 Å². The van der Waals surface area contributed by atoms with Crippen LogP contribution in [0.3, 0.4) is 0 Å².